The second kappa shape index (κ2) is 8.81. The van der Waals surface area contributed by atoms with Crippen molar-refractivity contribution < 1.29 is 19.1 Å². The first-order chi connectivity index (χ1) is 14.1. The van der Waals surface area contributed by atoms with Crippen molar-refractivity contribution in [2.24, 2.45) is 0 Å². The standard InChI is InChI=1S/C23H28FN3O3/c1-23(2,3)27(22(29)30)19-10-8-18(9-11-19)26-21(28)16-7-12-20(25-14-16)15-5-4-6-17(24)13-15/h4-7,12-14,18-19H,8-11H2,1-3H3,(H,26,28)(H,29,30). The van der Waals surface area contributed by atoms with Crippen molar-refractivity contribution in [3.05, 3.63) is 54.0 Å². The molecule has 0 radical (unpaired) electrons. The van der Waals surface area contributed by atoms with E-state index in [1.165, 1.54) is 23.2 Å². The number of carbonyl (C=O) groups is 2. The summed E-state index contributed by atoms with van der Waals surface area (Å²) in [6, 6.07) is 9.51. The van der Waals surface area contributed by atoms with Crippen LogP contribution in [0.25, 0.3) is 11.3 Å². The fourth-order valence-corrected chi connectivity index (χ4v) is 4.08. The summed E-state index contributed by atoms with van der Waals surface area (Å²) in [7, 11) is 0. The number of aromatic nitrogens is 1. The van der Waals surface area contributed by atoms with Crippen LogP contribution in [0.1, 0.15) is 56.8 Å². The summed E-state index contributed by atoms with van der Waals surface area (Å²) in [5.41, 5.74) is 1.24. The van der Waals surface area contributed by atoms with E-state index in [0.717, 1.165) is 12.8 Å². The van der Waals surface area contributed by atoms with Gasteiger partial charge in [-0.1, -0.05) is 12.1 Å². The first-order valence-corrected chi connectivity index (χ1v) is 10.2. The molecule has 2 aromatic rings. The number of halogens is 1. The van der Waals surface area contributed by atoms with Crippen LogP contribution in [0.4, 0.5) is 9.18 Å². The second-order valence-electron chi connectivity index (χ2n) is 8.74. The number of rotatable bonds is 4. The first-order valence-electron chi connectivity index (χ1n) is 10.2. The van der Waals surface area contributed by atoms with Gasteiger partial charge in [-0.25, -0.2) is 9.18 Å². The molecule has 0 spiro atoms. The predicted molar refractivity (Wildman–Crippen MR) is 113 cm³/mol. The maximum Gasteiger partial charge on any atom is 0.407 e. The molecule has 1 aromatic carbocycles. The molecule has 1 fully saturated rings. The van der Waals surface area contributed by atoms with Crippen molar-refractivity contribution in [3.8, 4) is 11.3 Å². The quantitative estimate of drug-likeness (QED) is 0.761. The fraction of sp³-hybridized carbons (Fsp3) is 0.435. The van der Waals surface area contributed by atoms with Crippen LogP contribution < -0.4 is 5.32 Å². The van der Waals surface area contributed by atoms with Gasteiger partial charge in [-0.05, 0) is 70.7 Å². The molecule has 1 aliphatic carbocycles. The molecule has 30 heavy (non-hydrogen) atoms. The summed E-state index contributed by atoms with van der Waals surface area (Å²) in [5, 5.41) is 12.6. The van der Waals surface area contributed by atoms with E-state index >= 15 is 0 Å². The minimum Gasteiger partial charge on any atom is -0.465 e. The van der Waals surface area contributed by atoms with Gasteiger partial charge in [0.1, 0.15) is 5.82 Å². The van der Waals surface area contributed by atoms with E-state index in [4.69, 9.17) is 0 Å². The minimum absolute atomic E-state index is 0.00672. The van der Waals surface area contributed by atoms with E-state index in [1.54, 1.807) is 24.3 Å². The highest BCUT2D eigenvalue weighted by molar-refractivity contribution is 5.94. The van der Waals surface area contributed by atoms with Crippen molar-refractivity contribution in [1.29, 1.82) is 0 Å². The molecule has 6 nitrogen and oxygen atoms in total. The number of benzene rings is 1. The molecule has 0 bridgehead atoms. The lowest BCUT2D eigenvalue weighted by molar-refractivity contribution is 0.0520. The number of carboxylic acid groups (broad SMARTS) is 1. The van der Waals surface area contributed by atoms with Gasteiger partial charge in [0, 0.05) is 29.4 Å². The fourth-order valence-electron chi connectivity index (χ4n) is 4.08. The number of hydrogen-bond acceptors (Lipinski definition) is 3. The summed E-state index contributed by atoms with van der Waals surface area (Å²) in [4.78, 5) is 30.1. The van der Waals surface area contributed by atoms with Crippen molar-refractivity contribution in [2.45, 2.75) is 64.1 Å². The lowest BCUT2D eigenvalue weighted by Gasteiger charge is -2.42. The van der Waals surface area contributed by atoms with Crippen LogP contribution >= 0.6 is 0 Å². The van der Waals surface area contributed by atoms with Crippen molar-refractivity contribution in [2.75, 3.05) is 0 Å². The van der Waals surface area contributed by atoms with Crippen LogP contribution in [0.3, 0.4) is 0 Å². The normalized spacial score (nSPS) is 19.2. The molecular weight excluding hydrogens is 385 g/mol. The van der Waals surface area contributed by atoms with Crippen molar-refractivity contribution in [1.82, 2.24) is 15.2 Å². The Bertz CT molecular complexity index is 901. The van der Waals surface area contributed by atoms with Crippen molar-refractivity contribution >= 4 is 12.0 Å². The Morgan fingerprint density at radius 2 is 1.83 bits per heavy atom. The van der Waals surface area contributed by atoms with Gasteiger partial charge in [0.2, 0.25) is 0 Å². The van der Waals surface area contributed by atoms with E-state index in [1.807, 2.05) is 20.8 Å². The second-order valence-corrected chi connectivity index (χ2v) is 8.74. The number of amides is 2. The van der Waals surface area contributed by atoms with Crippen molar-refractivity contribution in [3.63, 3.8) is 0 Å². The van der Waals surface area contributed by atoms with E-state index in [0.29, 0.717) is 29.7 Å². The zero-order chi connectivity index (χ0) is 21.9. The van der Waals surface area contributed by atoms with E-state index in [2.05, 4.69) is 10.3 Å². The molecular formula is C23H28FN3O3. The molecule has 1 aliphatic rings. The Hall–Kier alpha value is -2.96. The van der Waals surface area contributed by atoms with E-state index < -0.39 is 11.6 Å². The van der Waals surface area contributed by atoms with Crippen LogP contribution in [-0.2, 0) is 0 Å². The van der Waals surface area contributed by atoms with E-state index in [9.17, 15) is 19.1 Å². The molecule has 1 aromatic heterocycles. The number of hydrogen-bond donors (Lipinski definition) is 2. The summed E-state index contributed by atoms with van der Waals surface area (Å²) >= 11 is 0. The SMILES string of the molecule is CC(C)(C)N(C(=O)O)C1CCC(NC(=O)c2ccc(-c3cccc(F)c3)nc2)CC1. The van der Waals surface area contributed by atoms with Crippen LogP contribution in [0.5, 0.6) is 0 Å². The third kappa shape index (κ3) is 5.14. The molecule has 2 N–H and O–H groups in total. The molecule has 0 unspecified atom stereocenters. The molecule has 3 rings (SSSR count). The average Bonchev–Trinajstić information content (AvgIpc) is 2.68. The molecule has 0 aliphatic heterocycles. The minimum atomic E-state index is -0.903. The zero-order valence-electron chi connectivity index (χ0n) is 17.6. The lowest BCUT2D eigenvalue weighted by Crippen LogP contribution is -2.53. The van der Waals surface area contributed by atoms with Crippen LogP contribution in [0, 0.1) is 5.82 Å². The molecule has 7 heteroatoms. The average molecular weight is 413 g/mol. The van der Waals surface area contributed by atoms with Gasteiger partial charge in [-0.15, -0.1) is 0 Å². The first kappa shape index (κ1) is 21.7. The summed E-state index contributed by atoms with van der Waals surface area (Å²) in [5.74, 6) is -0.540. The molecule has 160 valence electrons. The summed E-state index contributed by atoms with van der Waals surface area (Å²) in [6.45, 7) is 5.69. The number of pyridine rings is 1. The maximum atomic E-state index is 13.4. The Kier molecular flexibility index (Phi) is 6.39. The molecule has 0 saturated heterocycles. The van der Waals surface area contributed by atoms with Crippen LogP contribution in [-0.4, -0.2) is 44.6 Å². The van der Waals surface area contributed by atoms with Gasteiger partial charge in [0.25, 0.3) is 5.91 Å². The summed E-state index contributed by atoms with van der Waals surface area (Å²) in [6.07, 6.45) is 3.47. The van der Waals surface area contributed by atoms with Gasteiger partial charge in [0.05, 0.1) is 11.3 Å². The highest BCUT2D eigenvalue weighted by atomic mass is 19.1. The highest BCUT2D eigenvalue weighted by Crippen LogP contribution is 2.29. The van der Waals surface area contributed by atoms with Gasteiger partial charge < -0.3 is 15.3 Å². The monoisotopic (exact) mass is 413 g/mol. The Morgan fingerprint density at radius 3 is 2.37 bits per heavy atom. The predicted octanol–water partition coefficient (Wildman–Crippen LogP) is 4.71. The summed E-state index contributed by atoms with van der Waals surface area (Å²) < 4.78 is 13.4. The Morgan fingerprint density at radius 1 is 1.13 bits per heavy atom. The Balaban J connectivity index is 1.58. The van der Waals surface area contributed by atoms with Crippen LogP contribution in [0.2, 0.25) is 0 Å². The Labute approximate surface area is 176 Å². The highest BCUT2D eigenvalue weighted by Gasteiger charge is 2.35. The number of nitrogens with zero attached hydrogens (tertiary/aromatic N) is 2. The van der Waals surface area contributed by atoms with Gasteiger partial charge in [0.15, 0.2) is 0 Å². The number of nitrogens with one attached hydrogen (secondary N) is 1. The number of carbonyl (C=O) groups excluding carboxylic acids is 1. The smallest absolute Gasteiger partial charge is 0.407 e. The van der Waals surface area contributed by atoms with Gasteiger partial charge in [-0.3, -0.25) is 9.78 Å². The zero-order valence-corrected chi connectivity index (χ0v) is 17.6. The van der Waals surface area contributed by atoms with Gasteiger partial charge >= 0.3 is 6.09 Å². The maximum absolute atomic E-state index is 13.4. The van der Waals surface area contributed by atoms with Gasteiger partial charge in [-0.2, -0.15) is 0 Å². The molecule has 1 saturated carbocycles. The van der Waals surface area contributed by atoms with E-state index in [-0.39, 0.29) is 23.8 Å². The third-order valence-corrected chi connectivity index (χ3v) is 5.47. The molecule has 1 heterocycles. The molecule has 2 amide bonds. The topological polar surface area (TPSA) is 82.5 Å². The largest absolute Gasteiger partial charge is 0.465 e. The van der Waals surface area contributed by atoms with Crippen LogP contribution in [0.15, 0.2) is 42.6 Å². The third-order valence-electron chi connectivity index (χ3n) is 5.47. The molecule has 0 atom stereocenters. The lowest BCUT2D eigenvalue weighted by atomic mass is 9.88.